The SMILES string of the molecule is Cc1c(-c2cccc(S(=O)(=O)N(C)C)c2)c2nc(F)ccc2n1C/C(F)=C/CN.Cl.Cl. The zero-order valence-corrected chi connectivity index (χ0v) is 19.6. The molecule has 2 heterocycles. The Morgan fingerprint density at radius 2 is 1.90 bits per heavy atom. The van der Waals surface area contributed by atoms with Crippen molar-refractivity contribution in [3.8, 4) is 11.1 Å². The van der Waals surface area contributed by atoms with Crippen LogP contribution in [-0.4, -0.2) is 42.9 Å². The number of allylic oxidation sites excluding steroid dienone is 1. The van der Waals surface area contributed by atoms with E-state index in [0.29, 0.717) is 27.9 Å². The molecule has 0 unspecified atom stereocenters. The molecule has 0 amide bonds. The van der Waals surface area contributed by atoms with E-state index in [4.69, 9.17) is 5.73 Å². The first-order valence-electron chi connectivity index (χ1n) is 8.89. The van der Waals surface area contributed by atoms with Crippen molar-refractivity contribution in [2.75, 3.05) is 20.6 Å². The molecule has 11 heteroatoms. The number of sulfonamides is 1. The Bertz CT molecular complexity index is 1210. The zero-order valence-electron chi connectivity index (χ0n) is 17.2. The van der Waals surface area contributed by atoms with Gasteiger partial charge in [-0.1, -0.05) is 12.1 Å². The minimum absolute atomic E-state index is 0. The van der Waals surface area contributed by atoms with Crippen molar-refractivity contribution < 1.29 is 17.2 Å². The minimum Gasteiger partial charge on any atom is -0.336 e. The van der Waals surface area contributed by atoms with Crippen LogP contribution in [0.3, 0.4) is 0 Å². The van der Waals surface area contributed by atoms with Gasteiger partial charge < -0.3 is 10.3 Å². The summed E-state index contributed by atoms with van der Waals surface area (Å²) in [4.78, 5) is 4.10. The number of nitrogens with zero attached hydrogens (tertiary/aromatic N) is 3. The average molecular weight is 493 g/mol. The van der Waals surface area contributed by atoms with Crippen LogP contribution in [0.5, 0.6) is 0 Å². The lowest BCUT2D eigenvalue weighted by Crippen LogP contribution is -2.22. The lowest BCUT2D eigenvalue weighted by molar-refractivity contribution is 0.521. The molecule has 6 nitrogen and oxygen atoms in total. The van der Waals surface area contributed by atoms with E-state index in [1.165, 1.54) is 44.4 Å². The number of aromatic nitrogens is 2. The molecule has 0 aliphatic heterocycles. The Labute approximate surface area is 192 Å². The van der Waals surface area contributed by atoms with Crippen LogP contribution in [0.1, 0.15) is 5.69 Å². The van der Waals surface area contributed by atoms with Crippen LogP contribution in [0.25, 0.3) is 22.2 Å². The Kier molecular flexibility index (Phi) is 9.16. The molecule has 31 heavy (non-hydrogen) atoms. The number of benzene rings is 1. The molecule has 0 spiro atoms. The van der Waals surface area contributed by atoms with E-state index in [2.05, 4.69) is 4.98 Å². The molecule has 2 N–H and O–H groups in total. The monoisotopic (exact) mass is 492 g/mol. The van der Waals surface area contributed by atoms with Crippen LogP contribution in [0.2, 0.25) is 0 Å². The van der Waals surface area contributed by atoms with E-state index >= 15 is 0 Å². The van der Waals surface area contributed by atoms with Crippen molar-refractivity contribution in [1.29, 1.82) is 0 Å². The van der Waals surface area contributed by atoms with Crippen molar-refractivity contribution in [1.82, 2.24) is 13.9 Å². The smallest absolute Gasteiger partial charge is 0.242 e. The Hall–Kier alpha value is -2.04. The number of pyridine rings is 1. The standard InChI is InChI=1S/C20H22F2N4O2S.2ClH/c1-13-19(14-5-4-6-16(11-14)29(27,28)25(2)3)20-17(7-8-18(22)24-20)26(13)12-15(21)9-10-23;;/h4-9,11H,10,12,23H2,1-3H3;2*1H/b15-9-;;. The maximum absolute atomic E-state index is 14.2. The molecular weight excluding hydrogens is 469 g/mol. The topological polar surface area (TPSA) is 81.2 Å². The number of hydrogen-bond donors (Lipinski definition) is 1. The van der Waals surface area contributed by atoms with E-state index in [-0.39, 0.29) is 42.8 Å². The zero-order chi connectivity index (χ0) is 21.3. The summed E-state index contributed by atoms with van der Waals surface area (Å²) in [5.41, 5.74) is 8.00. The van der Waals surface area contributed by atoms with Gasteiger partial charge >= 0.3 is 0 Å². The summed E-state index contributed by atoms with van der Waals surface area (Å²) in [6.45, 7) is 1.74. The van der Waals surface area contributed by atoms with E-state index in [1.54, 1.807) is 23.6 Å². The van der Waals surface area contributed by atoms with Crippen LogP contribution in [0.15, 0.2) is 53.2 Å². The number of fused-ring (bicyclic) bond motifs is 1. The average Bonchev–Trinajstić information content (AvgIpc) is 2.92. The van der Waals surface area contributed by atoms with Gasteiger partial charge in [0.1, 0.15) is 5.83 Å². The van der Waals surface area contributed by atoms with Gasteiger partial charge in [-0.25, -0.2) is 22.1 Å². The van der Waals surface area contributed by atoms with Gasteiger partial charge in [0.2, 0.25) is 16.0 Å². The molecule has 3 aromatic rings. The summed E-state index contributed by atoms with van der Waals surface area (Å²) in [5.74, 6) is -1.10. The first kappa shape index (κ1) is 27.0. The van der Waals surface area contributed by atoms with Gasteiger partial charge in [0.15, 0.2) is 0 Å². The Morgan fingerprint density at radius 1 is 1.23 bits per heavy atom. The predicted molar refractivity (Wildman–Crippen MR) is 123 cm³/mol. The highest BCUT2D eigenvalue weighted by Crippen LogP contribution is 2.35. The molecule has 0 saturated heterocycles. The van der Waals surface area contributed by atoms with Crippen molar-refractivity contribution >= 4 is 45.9 Å². The maximum Gasteiger partial charge on any atom is 0.242 e. The minimum atomic E-state index is -3.65. The lowest BCUT2D eigenvalue weighted by Gasteiger charge is -2.12. The van der Waals surface area contributed by atoms with Crippen LogP contribution < -0.4 is 5.73 Å². The van der Waals surface area contributed by atoms with Crippen LogP contribution in [-0.2, 0) is 16.6 Å². The summed E-state index contributed by atoms with van der Waals surface area (Å²) < 4.78 is 55.9. The number of nitrogens with two attached hydrogens (primary N) is 1. The van der Waals surface area contributed by atoms with Gasteiger partial charge in [0.25, 0.3) is 0 Å². The second-order valence-corrected chi connectivity index (χ2v) is 8.90. The van der Waals surface area contributed by atoms with Crippen molar-refractivity contribution in [2.45, 2.75) is 18.4 Å². The third-order valence-corrected chi connectivity index (χ3v) is 6.50. The third-order valence-electron chi connectivity index (χ3n) is 4.68. The van der Waals surface area contributed by atoms with Gasteiger partial charge in [-0.3, -0.25) is 0 Å². The quantitative estimate of drug-likeness (QED) is 0.526. The highest BCUT2D eigenvalue weighted by atomic mass is 35.5. The summed E-state index contributed by atoms with van der Waals surface area (Å²) in [6, 6.07) is 9.08. The summed E-state index contributed by atoms with van der Waals surface area (Å²) in [6.07, 6.45) is 1.27. The van der Waals surface area contributed by atoms with E-state index < -0.39 is 21.8 Å². The molecule has 0 fully saturated rings. The van der Waals surface area contributed by atoms with Crippen LogP contribution >= 0.6 is 24.8 Å². The molecule has 2 aromatic heterocycles. The second-order valence-electron chi connectivity index (χ2n) is 6.75. The van der Waals surface area contributed by atoms with Crippen molar-refractivity contribution in [3.05, 3.63) is 59.9 Å². The Morgan fingerprint density at radius 3 is 2.52 bits per heavy atom. The molecule has 0 bridgehead atoms. The molecular formula is C20H24Cl2F2N4O2S. The molecule has 0 atom stereocenters. The largest absolute Gasteiger partial charge is 0.336 e. The molecule has 0 aliphatic rings. The van der Waals surface area contributed by atoms with E-state index in [9.17, 15) is 17.2 Å². The van der Waals surface area contributed by atoms with Gasteiger partial charge in [0.05, 0.1) is 22.5 Å². The maximum atomic E-state index is 14.2. The fourth-order valence-corrected chi connectivity index (χ4v) is 4.18. The van der Waals surface area contributed by atoms with Gasteiger partial charge in [-0.2, -0.15) is 4.39 Å². The van der Waals surface area contributed by atoms with Crippen LogP contribution in [0, 0.1) is 12.9 Å². The molecule has 0 aliphatic carbocycles. The van der Waals surface area contributed by atoms with Crippen LogP contribution in [0.4, 0.5) is 8.78 Å². The fraction of sp³-hybridized carbons (Fsp3) is 0.250. The second kappa shape index (κ2) is 10.5. The molecule has 3 rings (SSSR count). The summed E-state index contributed by atoms with van der Waals surface area (Å²) in [5, 5.41) is 0. The summed E-state index contributed by atoms with van der Waals surface area (Å²) >= 11 is 0. The Balaban J connectivity index is 0.00000240. The fourth-order valence-electron chi connectivity index (χ4n) is 3.23. The number of halogens is 4. The predicted octanol–water partition coefficient (Wildman–Crippen LogP) is 4.06. The normalized spacial score (nSPS) is 12.0. The van der Waals surface area contributed by atoms with Gasteiger partial charge in [-0.05, 0) is 42.8 Å². The summed E-state index contributed by atoms with van der Waals surface area (Å²) in [7, 11) is -0.758. The molecule has 0 radical (unpaired) electrons. The first-order chi connectivity index (χ1) is 13.7. The first-order valence-corrected chi connectivity index (χ1v) is 10.3. The van der Waals surface area contributed by atoms with E-state index in [1.807, 2.05) is 0 Å². The van der Waals surface area contributed by atoms with Gasteiger partial charge in [0, 0.05) is 31.9 Å². The number of rotatable bonds is 6. The molecule has 0 saturated carbocycles. The lowest BCUT2D eigenvalue weighted by atomic mass is 10.1. The van der Waals surface area contributed by atoms with Crippen molar-refractivity contribution in [3.63, 3.8) is 0 Å². The highest BCUT2D eigenvalue weighted by Gasteiger charge is 2.22. The molecule has 170 valence electrons. The number of hydrogen-bond acceptors (Lipinski definition) is 4. The molecule has 1 aromatic carbocycles. The third kappa shape index (κ3) is 5.24. The van der Waals surface area contributed by atoms with Crippen molar-refractivity contribution in [2.24, 2.45) is 5.73 Å². The van der Waals surface area contributed by atoms with Gasteiger partial charge in [-0.15, -0.1) is 24.8 Å². The van der Waals surface area contributed by atoms with E-state index in [0.717, 1.165) is 4.31 Å². The highest BCUT2D eigenvalue weighted by molar-refractivity contribution is 7.89.